The van der Waals surface area contributed by atoms with Crippen molar-refractivity contribution in [1.29, 1.82) is 0 Å². The molecule has 0 unspecified atom stereocenters. The monoisotopic (exact) mass is 200 g/mol. The predicted octanol–water partition coefficient (Wildman–Crippen LogP) is 3.36. The summed E-state index contributed by atoms with van der Waals surface area (Å²) in [5, 5.41) is 0. The minimum atomic E-state index is 0.204. The normalized spacial score (nSPS) is 32.0. The molecule has 0 amide bonds. The standard InChI is InChI=1S/C14H16O/c1-10-6-7-12-11(9-10)14(2)8-4-3-5-13(14)15-12/h3-4,6-7,9,13H,5,8H2,1-2H3/t13-,14-/m1/s1. The van der Waals surface area contributed by atoms with Gasteiger partial charge in [0.2, 0.25) is 0 Å². The summed E-state index contributed by atoms with van der Waals surface area (Å²) in [6.07, 6.45) is 7.03. The number of hydrogen-bond donors (Lipinski definition) is 0. The van der Waals surface area contributed by atoms with Crippen molar-refractivity contribution in [3.8, 4) is 5.75 Å². The van der Waals surface area contributed by atoms with Crippen molar-refractivity contribution in [2.45, 2.75) is 38.2 Å². The van der Waals surface area contributed by atoms with E-state index in [1.165, 1.54) is 11.1 Å². The second-order valence-corrected chi connectivity index (χ2v) is 4.93. The molecule has 0 spiro atoms. The Balaban J connectivity index is 2.15. The maximum absolute atomic E-state index is 6.02. The van der Waals surface area contributed by atoms with Gasteiger partial charge in [-0.3, -0.25) is 0 Å². The average Bonchev–Trinajstić information content (AvgIpc) is 2.51. The zero-order valence-corrected chi connectivity index (χ0v) is 9.29. The van der Waals surface area contributed by atoms with E-state index in [9.17, 15) is 0 Å². The Morgan fingerprint density at radius 2 is 2.20 bits per heavy atom. The van der Waals surface area contributed by atoms with Crippen molar-refractivity contribution in [1.82, 2.24) is 0 Å². The first kappa shape index (κ1) is 9.02. The lowest BCUT2D eigenvalue weighted by Crippen LogP contribution is -2.36. The van der Waals surface area contributed by atoms with E-state index in [4.69, 9.17) is 4.74 Å². The van der Waals surface area contributed by atoms with Gasteiger partial charge in [0, 0.05) is 17.4 Å². The summed E-state index contributed by atoms with van der Waals surface area (Å²) in [6, 6.07) is 6.54. The summed E-state index contributed by atoms with van der Waals surface area (Å²) in [7, 11) is 0. The SMILES string of the molecule is Cc1ccc2c(c1)[C@@]1(C)CC=CC[C@H]1O2. The molecule has 3 rings (SSSR count). The van der Waals surface area contributed by atoms with Crippen LogP contribution in [-0.4, -0.2) is 6.10 Å². The highest BCUT2D eigenvalue weighted by atomic mass is 16.5. The van der Waals surface area contributed by atoms with Crippen LogP contribution in [0.2, 0.25) is 0 Å². The number of aryl methyl sites for hydroxylation is 1. The molecule has 1 heterocycles. The van der Waals surface area contributed by atoms with Gasteiger partial charge in [-0.2, -0.15) is 0 Å². The van der Waals surface area contributed by atoms with E-state index in [0.29, 0.717) is 6.10 Å². The summed E-state index contributed by atoms with van der Waals surface area (Å²) in [5.41, 5.74) is 2.93. The molecule has 0 radical (unpaired) electrons. The van der Waals surface area contributed by atoms with Gasteiger partial charge in [0.05, 0.1) is 0 Å². The molecule has 1 aromatic carbocycles. The number of benzene rings is 1. The van der Waals surface area contributed by atoms with Gasteiger partial charge in [-0.25, -0.2) is 0 Å². The van der Waals surface area contributed by atoms with Crippen LogP contribution in [-0.2, 0) is 5.41 Å². The molecule has 0 bridgehead atoms. The minimum Gasteiger partial charge on any atom is -0.489 e. The number of allylic oxidation sites excluding steroid dienone is 1. The molecule has 0 fully saturated rings. The van der Waals surface area contributed by atoms with Crippen LogP contribution in [0.3, 0.4) is 0 Å². The third kappa shape index (κ3) is 1.16. The smallest absolute Gasteiger partial charge is 0.123 e. The van der Waals surface area contributed by atoms with Crippen LogP contribution in [0.5, 0.6) is 5.75 Å². The van der Waals surface area contributed by atoms with E-state index in [1.807, 2.05) is 0 Å². The van der Waals surface area contributed by atoms with Crippen LogP contribution in [0.4, 0.5) is 0 Å². The van der Waals surface area contributed by atoms with Crippen LogP contribution >= 0.6 is 0 Å². The molecule has 0 aromatic heterocycles. The highest BCUT2D eigenvalue weighted by Crippen LogP contribution is 2.48. The predicted molar refractivity (Wildman–Crippen MR) is 61.3 cm³/mol. The molecule has 1 aliphatic heterocycles. The maximum atomic E-state index is 6.02. The van der Waals surface area contributed by atoms with Gasteiger partial charge >= 0.3 is 0 Å². The molecule has 0 saturated carbocycles. The van der Waals surface area contributed by atoms with Crippen LogP contribution in [0.25, 0.3) is 0 Å². The molecule has 0 N–H and O–H groups in total. The maximum Gasteiger partial charge on any atom is 0.123 e. The lowest BCUT2D eigenvalue weighted by atomic mass is 9.72. The molecule has 1 nitrogen and oxygen atoms in total. The fourth-order valence-electron chi connectivity index (χ4n) is 2.75. The van der Waals surface area contributed by atoms with Crippen molar-refractivity contribution < 1.29 is 4.74 Å². The van der Waals surface area contributed by atoms with Gasteiger partial charge < -0.3 is 4.74 Å². The first-order valence-electron chi connectivity index (χ1n) is 5.63. The fourth-order valence-corrected chi connectivity index (χ4v) is 2.75. The Hall–Kier alpha value is -1.24. The van der Waals surface area contributed by atoms with Gasteiger partial charge in [0.25, 0.3) is 0 Å². The Labute approximate surface area is 90.8 Å². The molecule has 2 atom stereocenters. The Morgan fingerprint density at radius 3 is 3.07 bits per heavy atom. The summed E-state index contributed by atoms with van der Waals surface area (Å²) >= 11 is 0. The Kier molecular flexibility index (Phi) is 1.73. The van der Waals surface area contributed by atoms with Crippen LogP contribution in [0.1, 0.15) is 30.9 Å². The summed E-state index contributed by atoms with van der Waals surface area (Å²) in [4.78, 5) is 0. The van der Waals surface area contributed by atoms with E-state index in [2.05, 4.69) is 44.2 Å². The van der Waals surface area contributed by atoms with Gasteiger partial charge in [0.15, 0.2) is 0 Å². The highest BCUT2D eigenvalue weighted by molar-refractivity contribution is 5.48. The molecular weight excluding hydrogens is 184 g/mol. The zero-order valence-electron chi connectivity index (χ0n) is 9.29. The van der Waals surface area contributed by atoms with Crippen LogP contribution in [0, 0.1) is 6.92 Å². The molecule has 1 aromatic rings. The largest absolute Gasteiger partial charge is 0.489 e. The van der Waals surface area contributed by atoms with Crippen molar-refractivity contribution >= 4 is 0 Å². The number of ether oxygens (including phenoxy) is 1. The molecule has 1 heteroatoms. The number of rotatable bonds is 0. The second kappa shape index (κ2) is 2.88. The molecule has 0 saturated heterocycles. The van der Waals surface area contributed by atoms with Gasteiger partial charge in [-0.05, 0) is 19.4 Å². The minimum absolute atomic E-state index is 0.204. The lowest BCUT2D eigenvalue weighted by Gasteiger charge is -2.31. The van der Waals surface area contributed by atoms with E-state index in [0.717, 1.165) is 18.6 Å². The first-order valence-corrected chi connectivity index (χ1v) is 5.63. The van der Waals surface area contributed by atoms with Crippen molar-refractivity contribution in [2.75, 3.05) is 0 Å². The van der Waals surface area contributed by atoms with E-state index < -0.39 is 0 Å². The molecular formula is C14H16O. The lowest BCUT2D eigenvalue weighted by molar-refractivity contribution is 0.153. The van der Waals surface area contributed by atoms with E-state index >= 15 is 0 Å². The second-order valence-electron chi connectivity index (χ2n) is 4.93. The average molecular weight is 200 g/mol. The van der Waals surface area contributed by atoms with Crippen molar-refractivity contribution in [3.63, 3.8) is 0 Å². The van der Waals surface area contributed by atoms with Gasteiger partial charge in [-0.1, -0.05) is 36.8 Å². The van der Waals surface area contributed by atoms with Crippen LogP contribution < -0.4 is 4.74 Å². The third-order valence-electron chi connectivity index (χ3n) is 3.79. The molecule has 78 valence electrons. The molecule has 2 aliphatic rings. The topological polar surface area (TPSA) is 9.23 Å². The van der Waals surface area contributed by atoms with E-state index in [-0.39, 0.29) is 5.41 Å². The summed E-state index contributed by atoms with van der Waals surface area (Å²) in [6.45, 7) is 4.47. The first-order chi connectivity index (χ1) is 7.20. The number of hydrogen-bond acceptors (Lipinski definition) is 1. The van der Waals surface area contributed by atoms with Crippen LogP contribution in [0.15, 0.2) is 30.4 Å². The summed E-state index contributed by atoms with van der Waals surface area (Å²) in [5.74, 6) is 1.09. The van der Waals surface area contributed by atoms with Gasteiger partial charge in [0.1, 0.15) is 11.9 Å². The quantitative estimate of drug-likeness (QED) is 0.583. The van der Waals surface area contributed by atoms with Gasteiger partial charge in [-0.15, -0.1) is 0 Å². The van der Waals surface area contributed by atoms with Crippen molar-refractivity contribution in [2.24, 2.45) is 0 Å². The zero-order chi connectivity index (χ0) is 10.5. The van der Waals surface area contributed by atoms with Crippen molar-refractivity contribution in [3.05, 3.63) is 41.5 Å². The fraction of sp³-hybridized carbons (Fsp3) is 0.429. The highest BCUT2D eigenvalue weighted by Gasteiger charge is 2.44. The Morgan fingerprint density at radius 1 is 1.33 bits per heavy atom. The third-order valence-corrected chi connectivity index (χ3v) is 3.79. The number of fused-ring (bicyclic) bond motifs is 3. The molecule has 1 aliphatic carbocycles. The molecule has 15 heavy (non-hydrogen) atoms. The van der Waals surface area contributed by atoms with E-state index in [1.54, 1.807) is 0 Å². The Bertz CT molecular complexity index is 433. The summed E-state index contributed by atoms with van der Waals surface area (Å²) < 4.78 is 6.02.